The van der Waals surface area contributed by atoms with Crippen LogP contribution in [0.3, 0.4) is 0 Å². The van der Waals surface area contributed by atoms with E-state index in [1.165, 1.54) is 16.7 Å². The fraction of sp³-hybridized carbons (Fsp3) is 0.167. The number of non-ortho nitro benzene ring substituents is 1. The van der Waals surface area contributed by atoms with Gasteiger partial charge in [-0.3, -0.25) is 19.7 Å². The highest BCUT2D eigenvalue weighted by Gasteiger charge is 2.16. The van der Waals surface area contributed by atoms with Gasteiger partial charge in [-0.25, -0.2) is 0 Å². The van der Waals surface area contributed by atoms with Crippen LogP contribution in [-0.2, 0) is 16.1 Å². The highest BCUT2D eigenvalue weighted by molar-refractivity contribution is 9.10. The smallest absolute Gasteiger partial charge is 0.326 e. The third-order valence-electron chi connectivity index (χ3n) is 3.74. The Morgan fingerprint density at radius 2 is 2.07 bits per heavy atom. The zero-order valence-electron chi connectivity index (χ0n) is 14.6. The second-order valence-corrected chi connectivity index (χ2v) is 7.54. The first kappa shape index (κ1) is 19.9. The number of hydrogen-bond acceptors (Lipinski definition) is 6. The normalized spacial score (nSPS) is 11.6. The number of esters is 1. The summed E-state index contributed by atoms with van der Waals surface area (Å²) in [5, 5.41) is 11.1. The molecular weight excluding hydrogens is 450 g/mol. The average Bonchev–Trinajstić information content (AvgIpc) is 2.98. The monoisotopic (exact) mass is 463 g/mol. The van der Waals surface area contributed by atoms with Crippen molar-refractivity contribution in [3.8, 4) is 0 Å². The van der Waals surface area contributed by atoms with Gasteiger partial charge in [0.2, 0.25) is 0 Å². The van der Waals surface area contributed by atoms with Crippen molar-refractivity contribution in [2.24, 2.45) is 4.99 Å². The molecule has 1 aromatic heterocycles. The number of halogens is 1. The number of thiazole rings is 1. The van der Waals surface area contributed by atoms with Crippen LogP contribution in [0.2, 0.25) is 0 Å². The lowest BCUT2D eigenvalue weighted by Gasteiger charge is -2.05. The molecule has 3 rings (SSSR count). The van der Waals surface area contributed by atoms with Crippen LogP contribution in [0.15, 0.2) is 51.9 Å². The summed E-state index contributed by atoms with van der Waals surface area (Å²) in [5.74, 6) is -1.01. The fourth-order valence-corrected chi connectivity index (χ4v) is 3.93. The fourth-order valence-electron chi connectivity index (χ4n) is 2.52. The van der Waals surface area contributed by atoms with Crippen molar-refractivity contribution in [3.05, 3.63) is 67.4 Å². The van der Waals surface area contributed by atoms with Crippen molar-refractivity contribution in [2.45, 2.75) is 13.5 Å². The van der Waals surface area contributed by atoms with Crippen LogP contribution >= 0.6 is 27.3 Å². The third-order valence-corrected chi connectivity index (χ3v) is 5.29. The van der Waals surface area contributed by atoms with E-state index in [1.807, 2.05) is 0 Å². The number of nitro benzene ring substituents is 1. The topological polar surface area (TPSA) is 104 Å². The molecule has 0 atom stereocenters. The molecule has 0 spiro atoms. The second kappa shape index (κ2) is 8.44. The number of amides is 1. The highest BCUT2D eigenvalue weighted by Crippen LogP contribution is 2.23. The van der Waals surface area contributed by atoms with Gasteiger partial charge in [0.1, 0.15) is 6.54 Å². The van der Waals surface area contributed by atoms with Gasteiger partial charge in [-0.2, -0.15) is 4.99 Å². The molecule has 10 heteroatoms. The van der Waals surface area contributed by atoms with Crippen LogP contribution in [-0.4, -0.2) is 28.0 Å². The number of carbonyl (C=O) groups is 2. The molecule has 0 unspecified atom stereocenters. The van der Waals surface area contributed by atoms with E-state index in [-0.39, 0.29) is 23.6 Å². The molecule has 0 aliphatic rings. The first-order chi connectivity index (χ1) is 13.4. The molecule has 2 aromatic carbocycles. The van der Waals surface area contributed by atoms with Crippen molar-refractivity contribution in [1.29, 1.82) is 0 Å². The van der Waals surface area contributed by atoms with Crippen LogP contribution in [0.1, 0.15) is 17.3 Å². The molecule has 1 amide bonds. The number of fused-ring (bicyclic) bond motifs is 1. The number of nitrogens with zero attached hydrogens (tertiary/aromatic N) is 3. The van der Waals surface area contributed by atoms with Crippen molar-refractivity contribution in [1.82, 2.24) is 4.57 Å². The minimum absolute atomic E-state index is 0.118. The Hall–Kier alpha value is -2.85. The van der Waals surface area contributed by atoms with E-state index < -0.39 is 16.8 Å². The van der Waals surface area contributed by atoms with Crippen molar-refractivity contribution >= 4 is 55.0 Å². The second-order valence-electron chi connectivity index (χ2n) is 5.61. The molecule has 0 radical (unpaired) electrons. The Morgan fingerprint density at radius 1 is 1.29 bits per heavy atom. The van der Waals surface area contributed by atoms with Gasteiger partial charge < -0.3 is 9.30 Å². The van der Waals surface area contributed by atoms with Gasteiger partial charge in [-0.1, -0.05) is 33.3 Å². The summed E-state index contributed by atoms with van der Waals surface area (Å²) in [6, 6.07) is 11.1. The molecule has 28 heavy (non-hydrogen) atoms. The van der Waals surface area contributed by atoms with Gasteiger partial charge in [0.25, 0.3) is 11.6 Å². The molecule has 1 heterocycles. The standard InChI is InChI=1S/C18H14BrN3O5S/c1-2-27-16(23)10-21-14-9-13(22(25)26)6-7-15(14)28-18(21)20-17(24)11-4-3-5-12(19)8-11/h3-9H,2,10H2,1H3. The highest BCUT2D eigenvalue weighted by atomic mass is 79.9. The molecule has 0 saturated heterocycles. The molecule has 0 aliphatic carbocycles. The lowest BCUT2D eigenvalue weighted by Crippen LogP contribution is -2.23. The van der Waals surface area contributed by atoms with Crippen LogP contribution in [0.5, 0.6) is 0 Å². The molecule has 0 fully saturated rings. The summed E-state index contributed by atoms with van der Waals surface area (Å²) in [7, 11) is 0. The lowest BCUT2D eigenvalue weighted by molar-refractivity contribution is -0.384. The Bertz CT molecular complexity index is 1150. The van der Waals surface area contributed by atoms with E-state index in [4.69, 9.17) is 4.74 Å². The molecule has 144 valence electrons. The third kappa shape index (κ3) is 4.34. The summed E-state index contributed by atoms with van der Waals surface area (Å²) in [4.78, 5) is 39.6. The quantitative estimate of drug-likeness (QED) is 0.326. The maximum atomic E-state index is 12.6. The zero-order chi connectivity index (χ0) is 20.3. The van der Waals surface area contributed by atoms with E-state index in [0.717, 1.165) is 15.8 Å². The predicted molar refractivity (Wildman–Crippen MR) is 107 cm³/mol. The minimum atomic E-state index is -0.523. The number of benzene rings is 2. The number of ether oxygens (including phenoxy) is 1. The Labute approximate surface area is 171 Å². The number of rotatable bonds is 5. The largest absolute Gasteiger partial charge is 0.465 e. The summed E-state index contributed by atoms with van der Waals surface area (Å²) >= 11 is 4.47. The summed E-state index contributed by atoms with van der Waals surface area (Å²) in [6.07, 6.45) is 0. The molecule has 0 bridgehead atoms. The van der Waals surface area contributed by atoms with Crippen LogP contribution in [0, 0.1) is 10.1 Å². The number of carbonyl (C=O) groups excluding carboxylic acids is 2. The Kier molecular flexibility index (Phi) is 6.00. The molecule has 0 saturated carbocycles. The summed E-state index contributed by atoms with van der Waals surface area (Å²) in [6.45, 7) is 1.67. The van der Waals surface area contributed by atoms with Gasteiger partial charge in [0.15, 0.2) is 4.80 Å². The first-order valence-electron chi connectivity index (χ1n) is 8.17. The van der Waals surface area contributed by atoms with Crippen molar-refractivity contribution < 1.29 is 19.2 Å². The maximum Gasteiger partial charge on any atom is 0.326 e. The molecule has 0 aliphatic heterocycles. The predicted octanol–water partition coefficient (Wildman–Crippen LogP) is 3.68. The maximum absolute atomic E-state index is 12.6. The van der Waals surface area contributed by atoms with Crippen LogP contribution in [0.25, 0.3) is 10.2 Å². The molecule has 3 aromatic rings. The van der Waals surface area contributed by atoms with E-state index in [2.05, 4.69) is 20.9 Å². The van der Waals surface area contributed by atoms with Crippen LogP contribution in [0.4, 0.5) is 5.69 Å². The van der Waals surface area contributed by atoms with Gasteiger partial charge in [0, 0.05) is 22.2 Å². The lowest BCUT2D eigenvalue weighted by atomic mass is 10.2. The van der Waals surface area contributed by atoms with E-state index in [9.17, 15) is 19.7 Å². The van der Waals surface area contributed by atoms with Gasteiger partial charge >= 0.3 is 5.97 Å². The molecular formula is C18H14BrN3O5S. The molecule has 8 nitrogen and oxygen atoms in total. The van der Waals surface area contributed by atoms with E-state index in [1.54, 1.807) is 37.3 Å². The molecule has 0 N–H and O–H groups in total. The van der Waals surface area contributed by atoms with Gasteiger partial charge in [0.05, 0.1) is 21.7 Å². The Balaban J connectivity index is 2.15. The Morgan fingerprint density at radius 3 is 2.75 bits per heavy atom. The number of nitro groups is 1. The van der Waals surface area contributed by atoms with Crippen LogP contribution < -0.4 is 4.80 Å². The number of hydrogen-bond donors (Lipinski definition) is 0. The summed E-state index contributed by atoms with van der Waals surface area (Å²) in [5.41, 5.74) is 0.696. The van der Waals surface area contributed by atoms with Gasteiger partial charge in [-0.15, -0.1) is 0 Å². The number of aromatic nitrogens is 1. The SMILES string of the molecule is CCOC(=O)Cn1c(=NC(=O)c2cccc(Br)c2)sc2ccc([N+](=O)[O-])cc21. The minimum Gasteiger partial charge on any atom is -0.465 e. The van der Waals surface area contributed by atoms with E-state index >= 15 is 0 Å². The van der Waals surface area contributed by atoms with Gasteiger partial charge in [-0.05, 0) is 31.2 Å². The van der Waals surface area contributed by atoms with Crippen molar-refractivity contribution in [2.75, 3.05) is 6.61 Å². The summed E-state index contributed by atoms with van der Waals surface area (Å²) < 4.78 is 7.84. The van der Waals surface area contributed by atoms with Crippen molar-refractivity contribution in [3.63, 3.8) is 0 Å². The average molecular weight is 464 g/mol. The first-order valence-corrected chi connectivity index (χ1v) is 9.78. The zero-order valence-corrected chi connectivity index (χ0v) is 17.0. The van der Waals surface area contributed by atoms with E-state index in [0.29, 0.717) is 15.8 Å².